The number of unbranched alkanes of at least 4 members (excludes halogenated alkanes) is 18. The molecule has 0 fully saturated rings. The Bertz CT molecular complexity index is 618. The molecule has 40 heavy (non-hydrogen) atoms. The van der Waals surface area contributed by atoms with Crippen LogP contribution in [0, 0.1) is 0 Å². The summed E-state index contributed by atoms with van der Waals surface area (Å²) in [7, 11) is 0. The molecule has 0 saturated carbocycles. The fraction of sp³-hybridized carbons (Fsp3) is 0.848. The van der Waals surface area contributed by atoms with Crippen LogP contribution in [-0.4, -0.2) is 63.9 Å². The highest BCUT2D eigenvalue weighted by Gasteiger charge is 2.29. The van der Waals surface area contributed by atoms with Crippen LogP contribution < -0.4 is 0 Å². The zero-order valence-electron chi connectivity index (χ0n) is 25.8. The maximum Gasteiger partial charge on any atom is 0.309 e. The van der Waals surface area contributed by atoms with Crippen LogP contribution >= 0.6 is 0 Å². The first-order valence-electron chi connectivity index (χ1n) is 16.5. The molecule has 0 unspecified atom stereocenters. The molecule has 0 saturated heterocycles. The van der Waals surface area contributed by atoms with Gasteiger partial charge in [-0.2, -0.15) is 0 Å². The van der Waals surface area contributed by atoms with Crippen molar-refractivity contribution >= 4 is 17.9 Å². The average molecular weight is 569 g/mol. The van der Waals surface area contributed by atoms with Gasteiger partial charge in [-0.05, 0) is 38.5 Å². The zero-order valence-corrected chi connectivity index (χ0v) is 25.8. The highest BCUT2D eigenvalue weighted by molar-refractivity contribution is 5.67. The van der Waals surface area contributed by atoms with Crippen molar-refractivity contribution in [2.75, 3.05) is 26.2 Å². The van der Waals surface area contributed by atoms with Gasteiger partial charge < -0.3 is 19.8 Å². The Labute approximate surface area is 245 Å². The molecule has 0 aromatic heterocycles. The third-order valence-corrected chi connectivity index (χ3v) is 8.04. The van der Waals surface area contributed by atoms with Crippen molar-refractivity contribution in [1.82, 2.24) is 0 Å². The lowest BCUT2D eigenvalue weighted by molar-refractivity contribution is -0.927. The molecular formula is C33H62NO6+. The molecule has 234 valence electrons. The second kappa shape index (κ2) is 27.3. The molecule has 0 atom stereocenters. The van der Waals surface area contributed by atoms with Crippen LogP contribution in [0.25, 0.3) is 0 Å². The summed E-state index contributed by atoms with van der Waals surface area (Å²) >= 11 is 0. The maximum atomic E-state index is 11.1. The number of nitrogens with zero attached hydrogens (tertiary/aromatic N) is 1. The molecule has 0 rings (SSSR count). The average Bonchev–Trinajstić information content (AvgIpc) is 2.92. The zero-order chi connectivity index (χ0) is 29.7. The van der Waals surface area contributed by atoms with Gasteiger partial charge >= 0.3 is 17.9 Å². The molecule has 0 aromatic carbocycles. The highest BCUT2D eigenvalue weighted by Crippen LogP contribution is 2.17. The van der Waals surface area contributed by atoms with Crippen molar-refractivity contribution in [2.24, 2.45) is 0 Å². The number of carbonyl (C=O) groups is 3. The maximum absolute atomic E-state index is 11.1. The van der Waals surface area contributed by atoms with Gasteiger partial charge in [0.1, 0.15) is 0 Å². The molecule has 3 N–H and O–H groups in total. The molecule has 0 amide bonds. The molecule has 0 aliphatic heterocycles. The summed E-state index contributed by atoms with van der Waals surface area (Å²) in [6.07, 6.45) is 30.0. The molecule has 0 heterocycles. The lowest BCUT2D eigenvalue weighted by atomic mass is 10.0. The van der Waals surface area contributed by atoms with E-state index >= 15 is 0 Å². The number of hydrogen-bond acceptors (Lipinski definition) is 3. The van der Waals surface area contributed by atoms with Crippen molar-refractivity contribution < 1.29 is 34.2 Å². The normalized spacial score (nSPS) is 11.8. The Morgan fingerprint density at radius 2 is 0.750 bits per heavy atom. The first kappa shape index (κ1) is 38.1. The van der Waals surface area contributed by atoms with Crippen molar-refractivity contribution in [3.05, 3.63) is 12.2 Å². The molecule has 0 aliphatic carbocycles. The Morgan fingerprint density at radius 3 is 1.07 bits per heavy atom. The minimum atomic E-state index is -0.938. The fourth-order valence-corrected chi connectivity index (χ4v) is 5.42. The van der Waals surface area contributed by atoms with E-state index < -0.39 is 17.9 Å². The lowest BCUT2D eigenvalue weighted by Crippen LogP contribution is -2.52. The predicted molar refractivity (Wildman–Crippen MR) is 164 cm³/mol. The molecule has 0 aliphatic rings. The van der Waals surface area contributed by atoms with Crippen molar-refractivity contribution in [2.45, 2.75) is 155 Å². The number of carboxylic acids is 3. The second-order valence-electron chi connectivity index (χ2n) is 11.7. The highest BCUT2D eigenvalue weighted by atomic mass is 16.4. The number of quaternary nitrogens is 1. The summed E-state index contributed by atoms with van der Waals surface area (Å²) in [5.41, 5.74) is 0. The number of hydrogen-bond donors (Lipinski definition) is 3. The van der Waals surface area contributed by atoms with Crippen molar-refractivity contribution in [3.63, 3.8) is 0 Å². The van der Waals surface area contributed by atoms with Crippen molar-refractivity contribution in [1.29, 1.82) is 0 Å². The second-order valence-corrected chi connectivity index (χ2v) is 11.7. The first-order valence-corrected chi connectivity index (χ1v) is 16.5. The fourth-order valence-electron chi connectivity index (χ4n) is 5.42. The van der Waals surface area contributed by atoms with Gasteiger partial charge in [0.25, 0.3) is 0 Å². The van der Waals surface area contributed by atoms with Crippen LogP contribution in [0.2, 0.25) is 0 Å². The van der Waals surface area contributed by atoms with Gasteiger partial charge in [0.2, 0.25) is 0 Å². The molecule has 7 heteroatoms. The van der Waals surface area contributed by atoms with Crippen LogP contribution in [0.5, 0.6) is 0 Å². The number of carboxylic acid groups (broad SMARTS) is 3. The van der Waals surface area contributed by atoms with Crippen LogP contribution in [0.3, 0.4) is 0 Å². The Kier molecular flexibility index (Phi) is 26.0. The third-order valence-electron chi connectivity index (χ3n) is 8.04. The summed E-state index contributed by atoms with van der Waals surface area (Å²) in [6, 6.07) is 0. The minimum Gasteiger partial charge on any atom is -0.481 e. The van der Waals surface area contributed by atoms with Gasteiger partial charge in [-0.25, -0.2) is 0 Å². The Hall–Kier alpha value is -1.89. The largest absolute Gasteiger partial charge is 0.481 e. The molecule has 7 nitrogen and oxygen atoms in total. The molecule has 0 bridgehead atoms. The van der Waals surface area contributed by atoms with Crippen LogP contribution in [0.1, 0.15) is 155 Å². The van der Waals surface area contributed by atoms with E-state index in [9.17, 15) is 14.4 Å². The van der Waals surface area contributed by atoms with Crippen molar-refractivity contribution in [3.8, 4) is 0 Å². The Balaban J connectivity index is 3.87. The number of rotatable bonds is 31. The van der Waals surface area contributed by atoms with E-state index in [4.69, 9.17) is 15.3 Å². The van der Waals surface area contributed by atoms with E-state index in [1.807, 2.05) is 0 Å². The lowest BCUT2D eigenvalue weighted by Gasteiger charge is -2.38. The SMILES string of the molecule is CCCCCCCCCCCCCCCCC/C=C/CCCCC[N+](CCC(=O)O)(CCC(=O)O)CCC(=O)O. The summed E-state index contributed by atoms with van der Waals surface area (Å²) in [5.74, 6) is -2.81. The summed E-state index contributed by atoms with van der Waals surface area (Å²) in [6.45, 7) is 3.71. The van der Waals surface area contributed by atoms with Gasteiger partial charge in [-0.15, -0.1) is 0 Å². The summed E-state index contributed by atoms with van der Waals surface area (Å²) in [5, 5.41) is 27.4. The monoisotopic (exact) mass is 568 g/mol. The van der Waals surface area contributed by atoms with Crippen LogP contribution in [-0.2, 0) is 14.4 Å². The van der Waals surface area contributed by atoms with Gasteiger partial charge in [-0.1, -0.05) is 109 Å². The summed E-state index contributed by atoms with van der Waals surface area (Å²) in [4.78, 5) is 33.4. The van der Waals surface area contributed by atoms with E-state index in [1.165, 1.54) is 96.3 Å². The number of aliphatic carboxylic acids is 3. The minimum absolute atomic E-state index is 0.0821. The van der Waals surface area contributed by atoms with Gasteiger partial charge in [0.05, 0.1) is 45.4 Å². The topological polar surface area (TPSA) is 112 Å². The van der Waals surface area contributed by atoms with E-state index in [1.54, 1.807) is 0 Å². The molecule has 0 aromatic rings. The van der Waals surface area contributed by atoms with E-state index in [0.29, 0.717) is 6.54 Å². The smallest absolute Gasteiger partial charge is 0.309 e. The quantitative estimate of drug-likeness (QED) is 0.0438. The van der Waals surface area contributed by atoms with E-state index in [-0.39, 0.29) is 43.4 Å². The van der Waals surface area contributed by atoms with Gasteiger partial charge in [0.15, 0.2) is 0 Å². The molecule has 0 spiro atoms. The standard InChI is InChI=1S/C33H61NO6/c1-2-3-4-5-6-7-8-9-10-11-12-13-14-15-16-17-18-19-20-21-22-23-27-34(28-24-31(35)36,29-25-32(37)38)30-26-33(39)40/h18-19H,2-17,20-30H2,1H3,(H2-,35,36,37,38,39,40)/p+1/b19-18+. The molecular weight excluding hydrogens is 506 g/mol. The third kappa shape index (κ3) is 26.3. The van der Waals surface area contributed by atoms with Crippen LogP contribution in [0.15, 0.2) is 12.2 Å². The van der Waals surface area contributed by atoms with E-state index in [2.05, 4.69) is 19.1 Å². The van der Waals surface area contributed by atoms with E-state index in [0.717, 1.165) is 32.1 Å². The van der Waals surface area contributed by atoms with Gasteiger partial charge in [-0.3, -0.25) is 14.4 Å². The van der Waals surface area contributed by atoms with Gasteiger partial charge in [0, 0.05) is 0 Å². The first-order chi connectivity index (χ1) is 19.3. The molecule has 0 radical (unpaired) electrons. The van der Waals surface area contributed by atoms with Crippen LogP contribution in [0.4, 0.5) is 0 Å². The number of allylic oxidation sites excluding steroid dienone is 2. The predicted octanol–water partition coefficient (Wildman–Crippen LogP) is 8.61. The Morgan fingerprint density at radius 1 is 0.450 bits per heavy atom. The summed E-state index contributed by atoms with van der Waals surface area (Å²) < 4.78 is 0.250.